The summed E-state index contributed by atoms with van der Waals surface area (Å²) in [5.41, 5.74) is 1.48. The van der Waals surface area contributed by atoms with Gasteiger partial charge in [0.2, 0.25) is 10.0 Å². The molecule has 2 rings (SSSR count). The van der Waals surface area contributed by atoms with E-state index >= 15 is 0 Å². The molecule has 0 aromatic heterocycles. The van der Waals surface area contributed by atoms with Crippen molar-refractivity contribution < 1.29 is 17.9 Å². The van der Waals surface area contributed by atoms with Crippen LogP contribution in [0.3, 0.4) is 0 Å². The van der Waals surface area contributed by atoms with E-state index in [2.05, 4.69) is 5.32 Å². The zero-order valence-corrected chi connectivity index (χ0v) is 16.8. The number of hydrogen-bond acceptors (Lipinski definition) is 4. The number of rotatable bonds is 9. The van der Waals surface area contributed by atoms with Crippen LogP contribution in [0.1, 0.15) is 28.8 Å². The summed E-state index contributed by atoms with van der Waals surface area (Å²) in [5, 5.41) is 2.84. The average Bonchev–Trinajstić information content (AvgIpc) is 2.67. The van der Waals surface area contributed by atoms with Gasteiger partial charge in [0.05, 0.1) is 12.0 Å². The maximum atomic E-state index is 12.3. The topological polar surface area (TPSA) is 75.7 Å². The van der Waals surface area contributed by atoms with Crippen LogP contribution in [0.2, 0.25) is 0 Å². The lowest BCUT2D eigenvalue weighted by molar-refractivity contribution is 0.0953. The summed E-state index contributed by atoms with van der Waals surface area (Å²) < 4.78 is 30.8. The van der Waals surface area contributed by atoms with Gasteiger partial charge in [-0.1, -0.05) is 24.3 Å². The largest absolute Gasteiger partial charge is 0.496 e. The zero-order valence-electron chi connectivity index (χ0n) is 15.9. The minimum atomic E-state index is -3.56. The molecule has 0 spiro atoms. The number of nitrogens with zero attached hydrogens (tertiary/aromatic N) is 1. The Hall–Kier alpha value is -2.38. The van der Waals surface area contributed by atoms with E-state index in [9.17, 15) is 13.2 Å². The number of methoxy groups -OCH3 is 1. The fourth-order valence-corrected chi connectivity index (χ4v) is 3.61. The monoisotopic (exact) mass is 390 g/mol. The summed E-state index contributed by atoms with van der Waals surface area (Å²) in [4.78, 5) is 12.4. The van der Waals surface area contributed by atoms with Crippen LogP contribution >= 0.6 is 0 Å². The molecular weight excluding hydrogens is 364 g/mol. The van der Waals surface area contributed by atoms with Gasteiger partial charge >= 0.3 is 0 Å². The molecule has 0 atom stereocenters. The third-order valence-corrected chi connectivity index (χ3v) is 6.04. The molecule has 6 nitrogen and oxygen atoms in total. The molecule has 0 saturated carbocycles. The van der Waals surface area contributed by atoms with E-state index in [1.54, 1.807) is 19.2 Å². The predicted octanol–water partition coefficient (Wildman–Crippen LogP) is 2.70. The van der Waals surface area contributed by atoms with Gasteiger partial charge in [0.1, 0.15) is 5.75 Å². The second kappa shape index (κ2) is 9.53. The van der Waals surface area contributed by atoms with Gasteiger partial charge in [0.25, 0.3) is 5.91 Å². The highest BCUT2D eigenvalue weighted by Gasteiger charge is 2.18. The van der Waals surface area contributed by atoms with Crippen molar-refractivity contribution in [1.29, 1.82) is 0 Å². The van der Waals surface area contributed by atoms with Gasteiger partial charge in [-0.2, -0.15) is 0 Å². The van der Waals surface area contributed by atoms with E-state index in [1.165, 1.54) is 26.2 Å². The number of carbonyl (C=O) groups excluding carboxylic acids is 1. The Balaban J connectivity index is 1.86. The van der Waals surface area contributed by atoms with Gasteiger partial charge < -0.3 is 10.1 Å². The molecule has 2 aromatic rings. The van der Waals surface area contributed by atoms with Crippen molar-refractivity contribution >= 4 is 15.9 Å². The van der Waals surface area contributed by atoms with E-state index in [4.69, 9.17) is 4.74 Å². The molecule has 7 heteroatoms. The third-order valence-electron chi connectivity index (χ3n) is 4.23. The fraction of sp³-hybridized carbons (Fsp3) is 0.350. The molecule has 0 bridgehead atoms. The summed E-state index contributed by atoms with van der Waals surface area (Å²) in [7, 11) is 1.02. The quantitative estimate of drug-likeness (QED) is 0.668. The van der Waals surface area contributed by atoms with Crippen LogP contribution in [0.15, 0.2) is 53.4 Å². The summed E-state index contributed by atoms with van der Waals surface area (Å²) in [6.07, 6.45) is 2.60. The molecule has 27 heavy (non-hydrogen) atoms. The lowest BCUT2D eigenvalue weighted by Crippen LogP contribution is -2.26. The predicted molar refractivity (Wildman–Crippen MR) is 106 cm³/mol. The average molecular weight is 391 g/mol. The third kappa shape index (κ3) is 5.55. The summed E-state index contributed by atoms with van der Waals surface area (Å²) in [6.45, 7) is 0.526. The van der Waals surface area contributed by atoms with E-state index in [-0.39, 0.29) is 10.8 Å². The van der Waals surface area contributed by atoms with Crippen molar-refractivity contribution in [2.75, 3.05) is 27.7 Å². The number of unbranched alkanes of at least 4 members (excludes halogenated alkanes) is 1. The minimum Gasteiger partial charge on any atom is -0.496 e. The van der Waals surface area contributed by atoms with Gasteiger partial charge in [0, 0.05) is 26.2 Å². The fourth-order valence-electron chi connectivity index (χ4n) is 2.66. The number of nitrogens with one attached hydrogen (secondary N) is 1. The second-order valence-electron chi connectivity index (χ2n) is 6.34. The molecule has 0 saturated heterocycles. The highest BCUT2D eigenvalue weighted by molar-refractivity contribution is 7.89. The van der Waals surface area contributed by atoms with Crippen LogP contribution in [-0.2, 0) is 16.4 Å². The Bertz CT molecular complexity index is 879. The highest BCUT2D eigenvalue weighted by Crippen LogP contribution is 2.19. The number of ether oxygens (including phenoxy) is 1. The number of para-hydroxylation sites is 1. The number of carbonyl (C=O) groups is 1. The van der Waals surface area contributed by atoms with Gasteiger partial charge in [0.15, 0.2) is 0 Å². The Morgan fingerprint density at radius 2 is 1.81 bits per heavy atom. The van der Waals surface area contributed by atoms with E-state index in [1.807, 2.05) is 24.3 Å². The maximum absolute atomic E-state index is 12.3. The van der Waals surface area contributed by atoms with Crippen molar-refractivity contribution in [2.45, 2.75) is 24.2 Å². The van der Waals surface area contributed by atoms with Crippen LogP contribution < -0.4 is 10.1 Å². The smallest absolute Gasteiger partial charge is 0.251 e. The molecule has 0 unspecified atom stereocenters. The Labute approximate surface area is 161 Å². The lowest BCUT2D eigenvalue weighted by Gasteiger charge is -2.12. The molecule has 0 radical (unpaired) electrons. The van der Waals surface area contributed by atoms with Crippen molar-refractivity contribution in [2.24, 2.45) is 0 Å². The van der Waals surface area contributed by atoms with E-state index in [0.29, 0.717) is 12.1 Å². The molecule has 146 valence electrons. The van der Waals surface area contributed by atoms with Gasteiger partial charge in [-0.15, -0.1) is 0 Å². The van der Waals surface area contributed by atoms with Crippen molar-refractivity contribution in [3.63, 3.8) is 0 Å². The van der Waals surface area contributed by atoms with Crippen LogP contribution in [0.25, 0.3) is 0 Å². The van der Waals surface area contributed by atoms with Crippen LogP contribution in [0.4, 0.5) is 0 Å². The Morgan fingerprint density at radius 1 is 1.07 bits per heavy atom. The molecule has 0 aliphatic heterocycles. The first-order valence-corrected chi connectivity index (χ1v) is 10.2. The lowest BCUT2D eigenvalue weighted by atomic mass is 10.1. The van der Waals surface area contributed by atoms with Gasteiger partial charge in [-0.3, -0.25) is 4.79 Å². The van der Waals surface area contributed by atoms with E-state index in [0.717, 1.165) is 34.9 Å². The maximum Gasteiger partial charge on any atom is 0.251 e. The number of aryl methyl sites for hydroxylation is 1. The number of sulfonamides is 1. The molecular formula is C20H26N2O4S. The molecule has 2 aromatic carbocycles. The van der Waals surface area contributed by atoms with Gasteiger partial charge in [-0.05, 0) is 49.1 Å². The molecule has 0 aliphatic carbocycles. The minimum absolute atomic E-state index is 0.108. The second-order valence-corrected chi connectivity index (χ2v) is 8.49. The van der Waals surface area contributed by atoms with Crippen LogP contribution in [0, 0.1) is 0 Å². The van der Waals surface area contributed by atoms with Crippen molar-refractivity contribution in [3.05, 3.63) is 59.7 Å². The van der Waals surface area contributed by atoms with Gasteiger partial charge in [-0.25, -0.2) is 12.7 Å². The standard InChI is InChI=1S/C20H26N2O4S/c1-22(2)27(24,25)18-12-8-11-17(15-18)20(23)21-14-7-6-10-16-9-4-5-13-19(16)26-3/h4-5,8-9,11-13,15H,6-7,10,14H2,1-3H3,(H,21,23). The number of benzene rings is 2. The SMILES string of the molecule is COc1ccccc1CCCCNC(=O)c1cccc(S(=O)(=O)N(C)C)c1. The Morgan fingerprint density at radius 3 is 2.52 bits per heavy atom. The highest BCUT2D eigenvalue weighted by atomic mass is 32.2. The summed E-state index contributed by atoms with van der Waals surface area (Å²) in [5.74, 6) is 0.601. The van der Waals surface area contributed by atoms with Crippen molar-refractivity contribution in [1.82, 2.24) is 9.62 Å². The zero-order chi connectivity index (χ0) is 19.9. The summed E-state index contributed by atoms with van der Waals surface area (Å²) in [6, 6.07) is 14.0. The molecule has 1 amide bonds. The normalized spacial score (nSPS) is 11.4. The van der Waals surface area contributed by atoms with Crippen molar-refractivity contribution in [3.8, 4) is 5.75 Å². The number of amides is 1. The summed E-state index contributed by atoms with van der Waals surface area (Å²) >= 11 is 0. The molecule has 0 fully saturated rings. The van der Waals surface area contributed by atoms with Crippen LogP contribution in [0.5, 0.6) is 5.75 Å². The molecule has 0 heterocycles. The molecule has 0 aliphatic rings. The first kappa shape index (κ1) is 20.9. The number of hydrogen-bond donors (Lipinski definition) is 1. The van der Waals surface area contributed by atoms with Crippen LogP contribution in [-0.4, -0.2) is 46.4 Å². The Kier molecular flexibility index (Phi) is 7.38. The van der Waals surface area contributed by atoms with E-state index < -0.39 is 10.0 Å². The molecule has 1 N–H and O–H groups in total. The first-order chi connectivity index (χ1) is 12.9. The first-order valence-electron chi connectivity index (χ1n) is 8.79.